The van der Waals surface area contributed by atoms with Gasteiger partial charge in [0.25, 0.3) is 0 Å². The van der Waals surface area contributed by atoms with Crippen molar-refractivity contribution in [1.82, 2.24) is 19.7 Å². The molecule has 128 valence electrons. The molecule has 4 aromatic rings. The number of hydrogen-bond acceptors (Lipinski definition) is 4. The van der Waals surface area contributed by atoms with E-state index in [4.69, 9.17) is 0 Å². The van der Waals surface area contributed by atoms with E-state index < -0.39 is 5.60 Å². The van der Waals surface area contributed by atoms with Gasteiger partial charge in [0.2, 0.25) is 0 Å². The van der Waals surface area contributed by atoms with Crippen LogP contribution in [0.5, 0.6) is 0 Å². The zero-order valence-corrected chi connectivity index (χ0v) is 14.1. The van der Waals surface area contributed by atoms with E-state index in [9.17, 15) is 5.11 Å². The lowest BCUT2D eigenvalue weighted by Crippen LogP contribution is -2.32. The van der Waals surface area contributed by atoms with Gasteiger partial charge in [-0.15, -0.1) is 0 Å². The molecule has 0 aliphatic carbocycles. The summed E-state index contributed by atoms with van der Waals surface area (Å²) in [6.07, 6.45) is 8.43. The van der Waals surface area contributed by atoms with E-state index >= 15 is 0 Å². The molecule has 0 aliphatic rings. The molecule has 5 nitrogen and oxygen atoms in total. The summed E-state index contributed by atoms with van der Waals surface area (Å²) >= 11 is 0. The van der Waals surface area contributed by atoms with Crippen LogP contribution < -0.4 is 0 Å². The van der Waals surface area contributed by atoms with Gasteiger partial charge < -0.3 is 5.11 Å². The minimum Gasteiger partial charge on any atom is -0.374 e. The van der Waals surface area contributed by atoms with Gasteiger partial charge in [-0.2, -0.15) is 5.10 Å². The second-order valence-corrected chi connectivity index (χ2v) is 6.05. The number of pyridine rings is 2. The molecule has 0 radical (unpaired) electrons. The van der Waals surface area contributed by atoms with Gasteiger partial charge in [0.05, 0.1) is 12.2 Å². The Bertz CT molecular complexity index is 929. The molecule has 0 aliphatic heterocycles. The van der Waals surface area contributed by atoms with Gasteiger partial charge in [-0.05, 0) is 23.8 Å². The lowest BCUT2D eigenvalue weighted by atomic mass is 9.85. The zero-order valence-electron chi connectivity index (χ0n) is 14.1. The Labute approximate surface area is 151 Å². The average Bonchev–Trinajstić information content (AvgIpc) is 3.18. The molecule has 26 heavy (non-hydrogen) atoms. The summed E-state index contributed by atoms with van der Waals surface area (Å²) < 4.78 is 1.81. The number of nitrogens with zero attached hydrogens (tertiary/aromatic N) is 4. The minimum atomic E-state index is -1.40. The summed E-state index contributed by atoms with van der Waals surface area (Å²) in [6, 6.07) is 19.2. The number of aliphatic hydroxyl groups is 1. The Kier molecular flexibility index (Phi) is 4.29. The van der Waals surface area contributed by atoms with Crippen molar-refractivity contribution in [2.45, 2.75) is 12.1 Å². The van der Waals surface area contributed by atoms with Crippen LogP contribution in [0.1, 0.15) is 22.4 Å². The number of aromatic nitrogens is 4. The van der Waals surface area contributed by atoms with Crippen LogP contribution in [0.15, 0.2) is 91.6 Å². The molecule has 0 atom stereocenters. The second-order valence-electron chi connectivity index (χ2n) is 6.05. The molecule has 0 amide bonds. The molecule has 5 heteroatoms. The van der Waals surface area contributed by atoms with Gasteiger partial charge in [0.1, 0.15) is 0 Å². The number of benzene rings is 1. The first-order chi connectivity index (χ1) is 12.8. The molecule has 3 aromatic heterocycles. The maximum atomic E-state index is 11.8. The third-order valence-electron chi connectivity index (χ3n) is 4.42. The van der Waals surface area contributed by atoms with Crippen LogP contribution in [0.3, 0.4) is 0 Å². The van der Waals surface area contributed by atoms with Gasteiger partial charge in [0, 0.05) is 42.1 Å². The maximum Gasteiger partial charge on any atom is 0.159 e. The monoisotopic (exact) mass is 342 g/mol. The molecular weight excluding hydrogens is 324 g/mol. The summed E-state index contributed by atoms with van der Waals surface area (Å²) in [6.45, 7) is 0.562. The predicted octanol–water partition coefficient (Wildman–Crippen LogP) is 3.01. The van der Waals surface area contributed by atoms with Crippen molar-refractivity contribution in [3.63, 3.8) is 0 Å². The molecule has 0 spiro atoms. The Balaban J connectivity index is 1.85. The fourth-order valence-corrected chi connectivity index (χ4v) is 3.14. The van der Waals surface area contributed by atoms with E-state index in [0.29, 0.717) is 23.4 Å². The molecule has 1 N–H and O–H groups in total. The first-order valence-corrected chi connectivity index (χ1v) is 8.38. The lowest BCUT2D eigenvalue weighted by molar-refractivity contribution is 0.114. The van der Waals surface area contributed by atoms with Crippen LogP contribution in [0.2, 0.25) is 0 Å². The third-order valence-corrected chi connectivity index (χ3v) is 4.42. The highest BCUT2D eigenvalue weighted by molar-refractivity contribution is 5.42. The first kappa shape index (κ1) is 16.2. The summed E-state index contributed by atoms with van der Waals surface area (Å²) in [4.78, 5) is 8.38. The number of hydrogen-bond donors (Lipinski definition) is 1. The van der Waals surface area contributed by atoms with Crippen molar-refractivity contribution in [3.8, 4) is 0 Å². The van der Waals surface area contributed by atoms with Gasteiger partial charge in [0.15, 0.2) is 5.60 Å². The molecule has 4 rings (SSSR count). The van der Waals surface area contributed by atoms with Crippen molar-refractivity contribution in [2.75, 3.05) is 0 Å². The largest absolute Gasteiger partial charge is 0.374 e. The lowest BCUT2D eigenvalue weighted by Gasteiger charge is -2.29. The van der Waals surface area contributed by atoms with Gasteiger partial charge in [-0.1, -0.05) is 42.5 Å². The molecule has 0 fully saturated rings. The Hall–Kier alpha value is -3.31. The van der Waals surface area contributed by atoms with Crippen LogP contribution in [0, 0.1) is 0 Å². The van der Waals surface area contributed by atoms with Crippen molar-refractivity contribution < 1.29 is 5.11 Å². The predicted molar refractivity (Wildman–Crippen MR) is 98.3 cm³/mol. The molecule has 3 heterocycles. The van der Waals surface area contributed by atoms with E-state index in [0.717, 1.165) is 5.56 Å². The highest BCUT2D eigenvalue weighted by Crippen LogP contribution is 2.35. The highest BCUT2D eigenvalue weighted by atomic mass is 16.3. The van der Waals surface area contributed by atoms with E-state index in [2.05, 4.69) is 15.1 Å². The van der Waals surface area contributed by atoms with Gasteiger partial charge in [-0.25, -0.2) is 0 Å². The van der Waals surface area contributed by atoms with Crippen LogP contribution in [0.4, 0.5) is 0 Å². The van der Waals surface area contributed by atoms with Crippen LogP contribution >= 0.6 is 0 Å². The molecule has 1 aromatic carbocycles. The molecule has 0 saturated carbocycles. The summed E-state index contributed by atoms with van der Waals surface area (Å²) in [5, 5.41) is 16.3. The topological polar surface area (TPSA) is 63.8 Å². The highest BCUT2D eigenvalue weighted by Gasteiger charge is 2.37. The standard InChI is InChI=1S/C21H18N4O/c26-21(18-8-4-11-22-14-18,19-9-5-12-23-15-19)20-10-13-24-25(20)16-17-6-2-1-3-7-17/h1-15,26H,16H2. The molecular formula is C21H18N4O. The smallest absolute Gasteiger partial charge is 0.159 e. The van der Waals surface area contributed by atoms with E-state index in [1.807, 2.05) is 65.3 Å². The van der Waals surface area contributed by atoms with Gasteiger partial charge >= 0.3 is 0 Å². The van der Waals surface area contributed by atoms with Gasteiger partial charge in [-0.3, -0.25) is 14.6 Å². The number of rotatable bonds is 5. The van der Waals surface area contributed by atoms with Crippen molar-refractivity contribution in [2.24, 2.45) is 0 Å². The van der Waals surface area contributed by atoms with E-state index in [1.165, 1.54) is 0 Å². The summed E-state index contributed by atoms with van der Waals surface area (Å²) in [5.74, 6) is 0. The molecule has 0 unspecified atom stereocenters. The van der Waals surface area contributed by atoms with Crippen molar-refractivity contribution in [1.29, 1.82) is 0 Å². The third kappa shape index (κ3) is 2.89. The second kappa shape index (κ2) is 6.90. The Morgan fingerprint density at radius 3 is 2.00 bits per heavy atom. The Morgan fingerprint density at radius 2 is 1.42 bits per heavy atom. The van der Waals surface area contributed by atoms with E-state index in [1.54, 1.807) is 31.0 Å². The van der Waals surface area contributed by atoms with E-state index in [-0.39, 0.29) is 0 Å². The Morgan fingerprint density at radius 1 is 0.769 bits per heavy atom. The fourth-order valence-electron chi connectivity index (χ4n) is 3.14. The van der Waals surface area contributed by atoms with Crippen molar-refractivity contribution >= 4 is 0 Å². The molecule has 0 bridgehead atoms. The van der Waals surface area contributed by atoms with Crippen LogP contribution in [-0.2, 0) is 12.1 Å². The normalized spacial score (nSPS) is 11.4. The van der Waals surface area contributed by atoms with Crippen molar-refractivity contribution in [3.05, 3.63) is 114 Å². The first-order valence-electron chi connectivity index (χ1n) is 8.38. The maximum absolute atomic E-state index is 11.8. The summed E-state index contributed by atoms with van der Waals surface area (Å²) in [7, 11) is 0. The fraction of sp³-hybridized carbons (Fsp3) is 0.0952. The quantitative estimate of drug-likeness (QED) is 0.605. The average molecular weight is 342 g/mol. The van der Waals surface area contributed by atoms with Crippen LogP contribution in [-0.4, -0.2) is 24.9 Å². The zero-order chi connectivity index (χ0) is 17.8. The molecule has 0 saturated heterocycles. The SMILES string of the molecule is OC(c1cccnc1)(c1cccnc1)c1ccnn1Cc1ccccc1. The van der Waals surface area contributed by atoms with Crippen LogP contribution in [0.25, 0.3) is 0 Å². The summed E-state index contributed by atoms with van der Waals surface area (Å²) in [5.41, 5.74) is 1.72. The minimum absolute atomic E-state index is 0.562.